The lowest BCUT2D eigenvalue weighted by Crippen LogP contribution is -2.26. The number of aromatic nitrogens is 1. The number of halogens is 1. The number of hydrogen-bond acceptors (Lipinski definition) is 5. The van der Waals surface area contributed by atoms with Crippen LogP contribution in [0.5, 0.6) is 0 Å². The Labute approximate surface area is 185 Å². The molecule has 3 aromatic rings. The molecular formula is C20H16BrN3O3S2. The molecule has 1 saturated heterocycles. The molecule has 148 valence electrons. The fourth-order valence-corrected chi connectivity index (χ4v) is 4.57. The SMILES string of the molecule is CN1C(=O)/C(=C/c2cn(CC(=O)NCc3ccco3)c3ccc(Br)cc23)SC1=S. The molecule has 4 rings (SSSR count). The average molecular weight is 490 g/mol. The Morgan fingerprint density at radius 2 is 2.21 bits per heavy atom. The Morgan fingerprint density at radius 1 is 1.38 bits per heavy atom. The molecule has 6 nitrogen and oxygen atoms in total. The maximum absolute atomic E-state index is 12.4. The Kier molecular flexibility index (Phi) is 5.62. The third kappa shape index (κ3) is 4.17. The molecule has 0 unspecified atom stereocenters. The van der Waals surface area contributed by atoms with E-state index in [1.54, 1.807) is 19.4 Å². The third-order valence-corrected chi connectivity index (χ3v) is 6.48. The first-order valence-corrected chi connectivity index (χ1v) is 10.7. The highest BCUT2D eigenvalue weighted by Crippen LogP contribution is 2.34. The molecular weight excluding hydrogens is 474 g/mol. The van der Waals surface area contributed by atoms with Crippen molar-refractivity contribution in [2.75, 3.05) is 7.05 Å². The van der Waals surface area contributed by atoms with Crippen molar-refractivity contribution in [2.45, 2.75) is 13.1 Å². The monoisotopic (exact) mass is 489 g/mol. The van der Waals surface area contributed by atoms with Crippen molar-refractivity contribution in [3.8, 4) is 0 Å². The minimum absolute atomic E-state index is 0.118. The number of thioether (sulfide) groups is 1. The van der Waals surface area contributed by atoms with Gasteiger partial charge in [0.15, 0.2) is 0 Å². The molecule has 3 heterocycles. The van der Waals surface area contributed by atoms with Crippen molar-refractivity contribution >= 4 is 73.0 Å². The predicted molar refractivity (Wildman–Crippen MR) is 121 cm³/mol. The third-order valence-electron chi connectivity index (χ3n) is 4.50. The van der Waals surface area contributed by atoms with Gasteiger partial charge in [-0.05, 0) is 36.4 Å². The summed E-state index contributed by atoms with van der Waals surface area (Å²) in [7, 11) is 1.67. The van der Waals surface area contributed by atoms with Crippen LogP contribution < -0.4 is 5.32 Å². The highest BCUT2D eigenvalue weighted by molar-refractivity contribution is 9.10. The normalized spacial score (nSPS) is 15.7. The summed E-state index contributed by atoms with van der Waals surface area (Å²) in [5, 5.41) is 3.79. The first kappa shape index (κ1) is 19.9. The second kappa shape index (κ2) is 8.17. The number of likely N-dealkylation sites (N-methyl/N-ethyl adjacent to an activating group) is 1. The van der Waals surface area contributed by atoms with Crippen molar-refractivity contribution in [1.82, 2.24) is 14.8 Å². The van der Waals surface area contributed by atoms with E-state index in [-0.39, 0.29) is 18.4 Å². The summed E-state index contributed by atoms with van der Waals surface area (Å²) >= 11 is 9.98. The zero-order chi connectivity index (χ0) is 20.5. The molecule has 0 aliphatic carbocycles. The number of thiocarbonyl (C=S) groups is 1. The lowest BCUT2D eigenvalue weighted by atomic mass is 10.1. The molecule has 0 atom stereocenters. The lowest BCUT2D eigenvalue weighted by molar-refractivity contribution is -0.122. The Morgan fingerprint density at radius 3 is 2.90 bits per heavy atom. The molecule has 1 aromatic carbocycles. The minimum Gasteiger partial charge on any atom is -0.467 e. The summed E-state index contributed by atoms with van der Waals surface area (Å²) in [4.78, 5) is 26.8. The van der Waals surface area contributed by atoms with Gasteiger partial charge in [-0.15, -0.1) is 0 Å². The van der Waals surface area contributed by atoms with Crippen molar-refractivity contribution in [2.24, 2.45) is 0 Å². The van der Waals surface area contributed by atoms with Crippen LogP contribution in [-0.4, -0.2) is 32.6 Å². The Balaban J connectivity index is 1.63. The molecule has 1 aliphatic heterocycles. The fraction of sp³-hybridized carbons (Fsp3) is 0.150. The number of carbonyl (C=O) groups excluding carboxylic acids is 2. The number of hydrogen-bond donors (Lipinski definition) is 1. The van der Waals surface area contributed by atoms with E-state index in [1.165, 1.54) is 16.7 Å². The topological polar surface area (TPSA) is 67.5 Å². The van der Waals surface area contributed by atoms with E-state index in [2.05, 4.69) is 21.2 Å². The number of fused-ring (bicyclic) bond motifs is 1. The molecule has 2 amide bonds. The number of benzene rings is 1. The quantitative estimate of drug-likeness (QED) is 0.430. The van der Waals surface area contributed by atoms with Crippen LogP contribution >= 0.6 is 39.9 Å². The summed E-state index contributed by atoms with van der Waals surface area (Å²) in [5.41, 5.74) is 1.76. The average Bonchev–Trinajstić information content (AvgIpc) is 3.38. The van der Waals surface area contributed by atoms with Crippen molar-refractivity contribution < 1.29 is 14.0 Å². The maximum Gasteiger partial charge on any atom is 0.265 e. The summed E-state index contributed by atoms with van der Waals surface area (Å²) in [6.45, 7) is 0.490. The van der Waals surface area contributed by atoms with Crippen LogP contribution in [0, 0.1) is 0 Å². The Bertz CT molecular complexity index is 1150. The molecule has 9 heteroatoms. The van der Waals surface area contributed by atoms with E-state index in [1.807, 2.05) is 41.1 Å². The zero-order valence-corrected chi connectivity index (χ0v) is 18.6. The molecule has 29 heavy (non-hydrogen) atoms. The standard InChI is InChI=1S/C20H16BrN3O3S2/c1-23-19(26)17(29-20(23)28)7-12-10-24(16-5-4-13(21)8-15(12)16)11-18(25)22-9-14-3-2-6-27-14/h2-8,10H,9,11H2,1H3,(H,22,25)/b17-7-. The van der Waals surface area contributed by atoms with E-state index in [0.29, 0.717) is 21.5 Å². The van der Waals surface area contributed by atoms with Crippen molar-refractivity contribution in [3.05, 3.63) is 63.5 Å². The summed E-state index contributed by atoms with van der Waals surface area (Å²) < 4.78 is 8.56. The van der Waals surface area contributed by atoms with E-state index in [4.69, 9.17) is 16.6 Å². The molecule has 0 radical (unpaired) electrons. The van der Waals surface area contributed by atoms with Crippen LogP contribution in [0.25, 0.3) is 17.0 Å². The minimum atomic E-state index is -0.132. The van der Waals surface area contributed by atoms with Gasteiger partial charge >= 0.3 is 0 Å². The first-order valence-electron chi connectivity index (χ1n) is 8.71. The van der Waals surface area contributed by atoms with Gasteiger partial charge in [0.1, 0.15) is 16.6 Å². The van der Waals surface area contributed by atoms with E-state index < -0.39 is 0 Å². The van der Waals surface area contributed by atoms with Crippen molar-refractivity contribution in [3.63, 3.8) is 0 Å². The van der Waals surface area contributed by atoms with Gasteiger partial charge in [0, 0.05) is 34.2 Å². The number of nitrogens with one attached hydrogen (secondary N) is 1. The summed E-state index contributed by atoms with van der Waals surface area (Å²) in [6, 6.07) is 9.44. The predicted octanol–water partition coefficient (Wildman–Crippen LogP) is 4.14. The van der Waals surface area contributed by atoms with Gasteiger partial charge in [0.2, 0.25) is 5.91 Å². The van der Waals surface area contributed by atoms with E-state index >= 15 is 0 Å². The zero-order valence-electron chi connectivity index (χ0n) is 15.3. The van der Waals surface area contributed by atoms with Crippen LogP contribution in [-0.2, 0) is 22.7 Å². The number of amides is 2. The number of rotatable bonds is 5. The maximum atomic E-state index is 12.4. The van der Waals surface area contributed by atoms with Gasteiger partial charge < -0.3 is 14.3 Å². The van der Waals surface area contributed by atoms with Gasteiger partial charge in [-0.2, -0.15) is 0 Å². The van der Waals surface area contributed by atoms with E-state index in [9.17, 15) is 9.59 Å². The highest BCUT2D eigenvalue weighted by Gasteiger charge is 2.29. The lowest BCUT2D eigenvalue weighted by Gasteiger charge is -2.06. The van der Waals surface area contributed by atoms with Gasteiger partial charge in [-0.1, -0.05) is 39.9 Å². The Hall–Kier alpha value is -2.36. The van der Waals surface area contributed by atoms with Crippen molar-refractivity contribution in [1.29, 1.82) is 0 Å². The van der Waals surface area contributed by atoms with Crippen LogP contribution in [0.1, 0.15) is 11.3 Å². The molecule has 0 spiro atoms. The van der Waals surface area contributed by atoms with Gasteiger partial charge in [-0.3, -0.25) is 14.5 Å². The van der Waals surface area contributed by atoms with Crippen LogP contribution in [0.2, 0.25) is 0 Å². The first-order chi connectivity index (χ1) is 13.9. The molecule has 1 fully saturated rings. The molecule has 1 N–H and O–H groups in total. The van der Waals surface area contributed by atoms with Gasteiger partial charge in [0.25, 0.3) is 5.91 Å². The number of nitrogens with zero attached hydrogens (tertiary/aromatic N) is 2. The van der Waals surface area contributed by atoms with Crippen LogP contribution in [0.4, 0.5) is 0 Å². The van der Waals surface area contributed by atoms with Gasteiger partial charge in [0.05, 0.1) is 17.7 Å². The van der Waals surface area contributed by atoms with Crippen LogP contribution in [0.15, 0.2) is 56.6 Å². The molecule has 1 aliphatic rings. The molecule has 0 bridgehead atoms. The number of furan rings is 1. The van der Waals surface area contributed by atoms with E-state index in [0.717, 1.165) is 20.9 Å². The van der Waals surface area contributed by atoms with Gasteiger partial charge in [-0.25, -0.2) is 0 Å². The highest BCUT2D eigenvalue weighted by atomic mass is 79.9. The second-order valence-electron chi connectivity index (χ2n) is 6.47. The fourth-order valence-electron chi connectivity index (χ4n) is 3.04. The summed E-state index contributed by atoms with van der Waals surface area (Å²) in [5.74, 6) is 0.446. The second-order valence-corrected chi connectivity index (χ2v) is 9.06. The number of carbonyl (C=O) groups is 2. The molecule has 0 saturated carbocycles. The largest absolute Gasteiger partial charge is 0.467 e. The van der Waals surface area contributed by atoms with Crippen LogP contribution in [0.3, 0.4) is 0 Å². The smallest absolute Gasteiger partial charge is 0.265 e. The summed E-state index contributed by atoms with van der Waals surface area (Å²) in [6.07, 6.45) is 5.28. The molecule has 2 aromatic heterocycles.